The van der Waals surface area contributed by atoms with E-state index in [1.807, 2.05) is 0 Å². The SMILES string of the molecule is COCCOCC(N)=NN. The summed E-state index contributed by atoms with van der Waals surface area (Å²) >= 11 is 0. The van der Waals surface area contributed by atoms with E-state index in [1.54, 1.807) is 7.11 Å². The average molecular weight is 147 g/mol. The molecule has 5 heteroatoms. The maximum Gasteiger partial charge on any atom is 0.145 e. The van der Waals surface area contributed by atoms with Crippen LogP contribution in [0.2, 0.25) is 0 Å². The minimum absolute atomic E-state index is 0.264. The summed E-state index contributed by atoms with van der Waals surface area (Å²) in [6.07, 6.45) is 0. The van der Waals surface area contributed by atoms with Crippen molar-refractivity contribution in [2.45, 2.75) is 0 Å². The minimum Gasteiger partial charge on any atom is -0.384 e. The second-order valence-electron chi connectivity index (χ2n) is 1.67. The van der Waals surface area contributed by atoms with Crippen LogP contribution in [0.3, 0.4) is 0 Å². The zero-order chi connectivity index (χ0) is 7.82. The quantitative estimate of drug-likeness (QED) is 0.170. The summed E-state index contributed by atoms with van der Waals surface area (Å²) in [6, 6.07) is 0. The molecular formula is C5H13N3O2. The Labute approximate surface area is 60.0 Å². The van der Waals surface area contributed by atoms with Crippen molar-refractivity contribution in [1.29, 1.82) is 0 Å². The third kappa shape index (κ3) is 5.33. The van der Waals surface area contributed by atoms with Crippen LogP contribution in [-0.2, 0) is 9.47 Å². The van der Waals surface area contributed by atoms with Crippen molar-refractivity contribution in [3.8, 4) is 0 Å². The lowest BCUT2D eigenvalue weighted by Crippen LogP contribution is -2.21. The topological polar surface area (TPSA) is 82.9 Å². The number of hydrogen-bond donors (Lipinski definition) is 2. The number of hydrogen-bond acceptors (Lipinski definition) is 4. The minimum atomic E-state index is 0.264. The Kier molecular flexibility index (Phi) is 5.80. The van der Waals surface area contributed by atoms with E-state index in [0.29, 0.717) is 13.2 Å². The fraction of sp³-hybridized carbons (Fsp3) is 0.800. The molecule has 0 fully saturated rings. The van der Waals surface area contributed by atoms with Gasteiger partial charge < -0.3 is 21.1 Å². The zero-order valence-corrected chi connectivity index (χ0v) is 6.04. The third-order valence-corrected chi connectivity index (χ3v) is 0.848. The van der Waals surface area contributed by atoms with Crippen LogP contribution in [0.25, 0.3) is 0 Å². The number of hydrazone groups is 1. The fourth-order valence-corrected chi connectivity index (χ4v) is 0.356. The Bertz CT molecular complexity index is 105. The van der Waals surface area contributed by atoms with E-state index in [9.17, 15) is 0 Å². The van der Waals surface area contributed by atoms with Gasteiger partial charge in [0.1, 0.15) is 12.4 Å². The number of methoxy groups -OCH3 is 1. The lowest BCUT2D eigenvalue weighted by molar-refractivity contribution is 0.0897. The van der Waals surface area contributed by atoms with E-state index in [0.717, 1.165) is 0 Å². The van der Waals surface area contributed by atoms with Gasteiger partial charge in [0.25, 0.3) is 0 Å². The van der Waals surface area contributed by atoms with E-state index in [4.69, 9.17) is 21.1 Å². The van der Waals surface area contributed by atoms with Crippen molar-refractivity contribution in [1.82, 2.24) is 0 Å². The van der Waals surface area contributed by atoms with Crippen LogP contribution in [0.5, 0.6) is 0 Å². The summed E-state index contributed by atoms with van der Waals surface area (Å²) in [5.74, 6) is 5.13. The molecule has 0 aromatic rings. The van der Waals surface area contributed by atoms with E-state index < -0.39 is 0 Å². The van der Waals surface area contributed by atoms with Crippen LogP contribution in [0.4, 0.5) is 0 Å². The molecule has 0 atom stereocenters. The molecule has 10 heavy (non-hydrogen) atoms. The zero-order valence-electron chi connectivity index (χ0n) is 6.04. The number of nitrogens with two attached hydrogens (primary N) is 2. The Balaban J connectivity index is 3.04. The van der Waals surface area contributed by atoms with Gasteiger partial charge in [0.05, 0.1) is 13.2 Å². The average Bonchev–Trinajstić information content (AvgIpc) is 1.98. The van der Waals surface area contributed by atoms with Crippen LogP contribution in [-0.4, -0.2) is 32.8 Å². The van der Waals surface area contributed by atoms with E-state index in [-0.39, 0.29) is 12.4 Å². The molecule has 0 rings (SSSR count). The molecule has 4 N–H and O–H groups in total. The van der Waals surface area contributed by atoms with Crippen LogP contribution in [0, 0.1) is 0 Å². The van der Waals surface area contributed by atoms with Gasteiger partial charge in [-0.25, -0.2) is 0 Å². The maximum absolute atomic E-state index is 5.21. The van der Waals surface area contributed by atoms with Gasteiger partial charge in [-0.15, -0.1) is 0 Å². The van der Waals surface area contributed by atoms with Crippen molar-refractivity contribution >= 4 is 5.84 Å². The van der Waals surface area contributed by atoms with Gasteiger partial charge in [-0.2, -0.15) is 5.10 Å². The lowest BCUT2D eigenvalue weighted by Gasteiger charge is -2.00. The van der Waals surface area contributed by atoms with Crippen LogP contribution >= 0.6 is 0 Å². The summed E-state index contributed by atoms with van der Waals surface area (Å²) in [5, 5.41) is 3.21. The lowest BCUT2D eigenvalue weighted by atomic mass is 10.6. The highest BCUT2D eigenvalue weighted by atomic mass is 16.5. The maximum atomic E-state index is 5.21. The van der Waals surface area contributed by atoms with Gasteiger partial charge >= 0.3 is 0 Å². The molecular weight excluding hydrogens is 134 g/mol. The predicted octanol–water partition coefficient (Wildman–Crippen LogP) is -1.12. The molecule has 0 aromatic heterocycles. The Morgan fingerprint density at radius 2 is 2.20 bits per heavy atom. The second-order valence-corrected chi connectivity index (χ2v) is 1.67. The first kappa shape index (κ1) is 9.19. The van der Waals surface area contributed by atoms with Gasteiger partial charge in [-0.1, -0.05) is 0 Å². The first-order valence-electron chi connectivity index (χ1n) is 2.90. The molecule has 0 aliphatic carbocycles. The van der Waals surface area contributed by atoms with Gasteiger partial charge in [-0.05, 0) is 0 Å². The second kappa shape index (κ2) is 6.31. The van der Waals surface area contributed by atoms with Crippen LogP contribution < -0.4 is 11.6 Å². The first-order valence-corrected chi connectivity index (χ1v) is 2.90. The van der Waals surface area contributed by atoms with Gasteiger partial charge in [0, 0.05) is 7.11 Å². The molecule has 60 valence electrons. The summed E-state index contributed by atoms with van der Waals surface area (Å²) in [4.78, 5) is 0. The molecule has 0 bridgehead atoms. The standard InChI is InChI=1S/C5H13N3O2/c1-9-2-3-10-4-5(6)8-7/h2-4,7H2,1H3,(H2,6,8). The number of amidine groups is 1. The number of rotatable bonds is 5. The first-order chi connectivity index (χ1) is 4.81. The molecule has 0 aliphatic heterocycles. The Morgan fingerprint density at radius 3 is 2.70 bits per heavy atom. The molecule has 0 unspecified atom stereocenters. The van der Waals surface area contributed by atoms with Crippen LogP contribution in [0.15, 0.2) is 5.10 Å². The Morgan fingerprint density at radius 1 is 1.50 bits per heavy atom. The van der Waals surface area contributed by atoms with Crippen molar-refractivity contribution in [2.75, 3.05) is 26.9 Å². The summed E-state index contributed by atoms with van der Waals surface area (Å²) in [5.41, 5.74) is 5.21. The van der Waals surface area contributed by atoms with Gasteiger partial charge in [0.2, 0.25) is 0 Å². The van der Waals surface area contributed by atoms with Gasteiger partial charge in [0.15, 0.2) is 0 Å². The molecule has 5 nitrogen and oxygen atoms in total. The van der Waals surface area contributed by atoms with Crippen molar-refractivity contribution in [3.63, 3.8) is 0 Å². The molecule has 0 amide bonds. The monoisotopic (exact) mass is 147 g/mol. The molecule has 0 saturated carbocycles. The van der Waals surface area contributed by atoms with Crippen molar-refractivity contribution < 1.29 is 9.47 Å². The van der Waals surface area contributed by atoms with E-state index in [1.165, 1.54) is 0 Å². The van der Waals surface area contributed by atoms with E-state index >= 15 is 0 Å². The van der Waals surface area contributed by atoms with E-state index in [2.05, 4.69) is 5.10 Å². The van der Waals surface area contributed by atoms with Gasteiger partial charge in [-0.3, -0.25) is 0 Å². The molecule has 0 saturated heterocycles. The molecule has 0 radical (unpaired) electrons. The molecule has 0 heterocycles. The highest BCUT2D eigenvalue weighted by Crippen LogP contribution is 1.74. The highest BCUT2D eigenvalue weighted by Gasteiger charge is 1.90. The molecule has 0 spiro atoms. The Hall–Kier alpha value is -0.810. The fourth-order valence-electron chi connectivity index (χ4n) is 0.356. The normalized spacial score (nSPS) is 11.9. The largest absolute Gasteiger partial charge is 0.384 e. The molecule has 0 aliphatic rings. The highest BCUT2D eigenvalue weighted by molar-refractivity contribution is 5.81. The third-order valence-electron chi connectivity index (χ3n) is 0.848. The van der Waals surface area contributed by atoms with Crippen molar-refractivity contribution in [2.24, 2.45) is 16.7 Å². The summed E-state index contributed by atoms with van der Waals surface area (Å²) < 4.78 is 9.69. The summed E-state index contributed by atoms with van der Waals surface area (Å²) in [7, 11) is 1.60. The number of nitrogens with zero attached hydrogens (tertiary/aromatic N) is 1. The smallest absolute Gasteiger partial charge is 0.145 e. The number of ether oxygens (including phenoxy) is 2. The predicted molar refractivity (Wildman–Crippen MR) is 38.5 cm³/mol. The summed E-state index contributed by atoms with van der Waals surface area (Å²) in [6.45, 7) is 1.32. The van der Waals surface area contributed by atoms with Crippen molar-refractivity contribution in [3.05, 3.63) is 0 Å². The molecule has 0 aromatic carbocycles. The van der Waals surface area contributed by atoms with Crippen LogP contribution in [0.1, 0.15) is 0 Å².